The molecule has 0 saturated heterocycles. The van der Waals surface area contributed by atoms with Gasteiger partial charge in [-0.25, -0.2) is 9.78 Å². The van der Waals surface area contributed by atoms with Crippen molar-refractivity contribution in [2.45, 2.75) is 0 Å². The Balaban J connectivity index is 2.41. The van der Waals surface area contributed by atoms with E-state index in [0.717, 1.165) is 5.39 Å². The number of rotatable bonds is 2. The molecule has 2 rings (SSSR count). The van der Waals surface area contributed by atoms with Crippen molar-refractivity contribution < 1.29 is 14.6 Å². The van der Waals surface area contributed by atoms with Crippen molar-refractivity contribution in [2.24, 2.45) is 0 Å². The molecule has 1 aromatic heterocycles. The molecule has 0 fully saturated rings. The van der Waals surface area contributed by atoms with Gasteiger partial charge in [-0.3, -0.25) is 0 Å². The van der Waals surface area contributed by atoms with Crippen LogP contribution in [0.25, 0.3) is 17.0 Å². The van der Waals surface area contributed by atoms with Crippen LogP contribution in [-0.4, -0.2) is 23.2 Å². The monoisotopic (exact) mass is 229 g/mol. The van der Waals surface area contributed by atoms with Crippen LogP contribution in [0.3, 0.4) is 0 Å². The highest BCUT2D eigenvalue weighted by molar-refractivity contribution is 5.88. The van der Waals surface area contributed by atoms with Crippen molar-refractivity contribution >= 4 is 22.9 Å². The van der Waals surface area contributed by atoms with Crippen LogP contribution < -0.4 is 0 Å². The molecule has 0 aliphatic carbocycles. The van der Waals surface area contributed by atoms with Crippen LogP contribution in [0.2, 0.25) is 0 Å². The molecule has 4 nitrogen and oxygen atoms in total. The number of carbonyl (C=O) groups excluding carboxylic acids is 1. The predicted octanol–water partition coefficient (Wildman–Crippen LogP) is 2.13. The maximum Gasteiger partial charge on any atom is 0.330 e. The molecule has 0 saturated carbocycles. The summed E-state index contributed by atoms with van der Waals surface area (Å²) in [5.74, 6) is -0.319. The molecule has 86 valence electrons. The molecule has 0 spiro atoms. The first-order valence-corrected chi connectivity index (χ1v) is 5.05. The Morgan fingerprint density at radius 3 is 2.94 bits per heavy atom. The molecule has 0 aliphatic rings. The van der Waals surface area contributed by atoms with E-state index >= 15 is 0 Å². The first kappa shape index (κ1) is 11.1. The van der Waals surface area contributed by atoms with E-state index in [1.54, 1.807) is 18.2 Å². The lowest BCUT2D eigenvalue weighted by Crippen LogP contribution is -1.93. The smallest absolute Gasteiger partial charge is 0.330 e. The maximum absolute atomic E-state index is 10.9. The molecule has 1 aromatic carbocycles. The SMILES string of the molecule is COC(=O)/C=C/c1ccc2cccc(O)c2n1. The van der Waals surface area contributed by atoms with Crippen molar-refractivity contribution in [1.29, 1.82) is 0 Å². The number of fused-ring (bicyclic) bond motifs is 1. The summed E-state index contributed by atoms with van der Waals surface area (Å²) < 4.78 is 4.48. The van der Waals surface area contributed by atoms with Crippen LogP contribution in [0.1, 0.15) is 5.69 Å². The molecular formula is C13H11NO3. The van der Waals surface area contributed by atoms with Gasteiger partial charge in [0, 0.05) is 11.5 Å². The summed E-state index contributed by atoms with van der Waals surface area (Å²) in [4.78, 5) is 15.2. The Bertz CT molecular complexity index is 590. The summed E-state index contributed by atoms with van der Waals surface area (Å²) in [5.41, 5.74) is 1.10. The van der Waals surface area contributed by atoms with E-state index in [0.29, 0.717) is 11.2 Å². The fourth-order valence-electron chi connectivity index (χ4n) is 1.46. The summed E-state index contributed by atoms with van der Waals surface area (Å²) >= 11 is 0. The highest BCUT2D eigenvalue weighted by Gasteiger charge is 2.01. The molecule has 0 amide bonds. The number of phenolic OH excluding ortho intramolecular Hbond substituents is 1. The first-order chi connectivity index (χ1) is 8.20. The van der Waals surface area contributed by atoms with Crippen LogP contribution in [0, 0.1) is 0 Å². The number of carbonyl (C=O) groups is 1. The molecule has 1 heterocycles. The number of pyridine rings is 1. The zero-order chi connectivity index (χ0) is 12.3. The maximum atomic E-state index is 10.9. The molecule has 0 atom stereocenters. The summed E-state index contributed by atoms with van der Waals surface area (Å²) in [6, 6.07) is 8.78. The lowest BCUT2D eigenvalue weighted by atomic mass is 10.2. The zero-order valence-corrected chi connectivity index (χ0v) is 9.25. The number of aromatic hydroxyl groups is 1. The highest BCUT2D eigenvalue weighted by Crippen LogP contribution is 2.22. The first-order valence-electron chi connectivity index (χ1n) is 5.05. The number of benzene rings is 1. The number of methoxy groups -OCH3 is 1. The van der Waals surface area contributed by atoms with Crippen LogP contribution in [0.15, 0.2) is 36.4 Å². The minimum atomic E-state index is -0.441. The van der Waals surface area contributed by atoms with E-state index in [1.165, 1.54) is 19.3 Å². The van der Waals surface area contributed by atoms with Gasteiger partial charge >= 0.3 is 5.97 Å². The lowest BCUT2D eigenvalue weighted by Gasteiger charge is -2.00. The second-order valence-electron chi connectivity index (χ2n) is 3.44. The third kappa shape index (κ3) is 2.42. The average Bonchev–Trinajstić information content (AvgIpc) is 2.36. The Kier molecular flexibility index (Phi) is 3.05. The molecule has 0 bridgehead atoms. The Hall–Kier alpha value is -2.36. The van der Waals surface area contributed by atoms with Crippen molar-refractivity contribution in [3.8, 4) is 5.75 Å². The molecule has 1 N–H and O–H groups in total. The molecule has 17 heavy (non-hydrogen) atoms. The van der Waals surface area contributed by atoms with E-state index < -0.39 is 5.97 Å². The normalized spacial score (nSPS) is 10.9. The number of para-hydroxylation sites is 1. The van der Waals surface area contributed by atoms with E-state index in [-0.39, 0.29) is 5.75 Å². The van der Waals surface area contributed by atoms with Crippen LogP contribution in [0.4, 0.5) is 0 Å². The lowest BCUT2D eigenvalue weighted by molar-refractivity contribution is -0.134. The van der Waals surface area contributed by atoms with Crippen molar-refractivity contribution in [2.75, 3.05) is 7.11 Å². The number of aromatic nitrogens is 1. The van der Waals surface area contributed by atoms with Gasteiger partial charge < -0.3 is 9.84 Å². The molecule has 4 heteroatoms. The van der Waals surface area contributed by atoms with Crippen molar-refractivity contribution in [1.82, 2.24) is 4.98 Å². The summed E-state index contributed by atoms with van der Waals surface area (Å²) in [6.07, 6.45) is 2.83. The topological polar surface area (TPSA) is 59.4 Å². The van der Waals surface area contributed by atoms with Gasteiger partial charge in [-0.2, -0.15) is 0 Å². The molecule has 0 unspecified atom stereocenters. The Morgan fingerprint density at radius 2 is 2.18 bits per heavy atom. The predicted molar refractivity (Wildman–Crippen MR) is 64.5 cm³/mol. The van der Waals surface area contributed by atoms with Gasteiger partial charge in [0.05, 0.1) is 12.8 Å². The van der Waals surface area contributed by atoms with Gasteiger partial charge in [-0.1, -0.05) is 18.2 Å². The molecule has 0 aliphatic heterocycles. The Labute approximate surface area is 98.2 Å². The van der Waals surface area contributed by atoms with Crippen LogP contribution >= 0.6 is 0 Å². The average molecular weight is 229 g/mol. The summed E-state index contributed by atoms with van der Waals surface area (Å²) in [6.45, 7) is 0. The van der Waals surface area contributed by atoms with E-state index in [4.69, 9.17) is 0 Å². The standard InChI is InChI=1S/C13H11NO3/c1-17-12(16)8-7-10-6-5-9-3-2-4-11(15)13(9)14-10/h2-8,15H,1H3/b8-7+. The van der Waals surface area contributed by atoms with Gasteiger partial charge in [0.2, 0.25) is 0 Å². The Morgan fingerprint density at radius 1 is 1.35 bits per heavy atom. The number of esters is 1. The van der Waals surface area contributed by atoms with Gasteiger partial charge in [0.25, 0.3) is 0 Å². The number of hydrogen-bond acceptors (Lipinski definition) is 4. The quantitative estimate of drug-likeness (QED) is 0.633. The van der Waals surface area contributed by atoms with Gasteiger partial charge in [0.15, 0.2) is 0 Å². The third-order valence-corrected chi connectivity index (χ3v) is 2.31. The minimum absolute atomic E-state index is 0.121. The zero-order valence-electron chi connectivity index (χ0n) is 9.25. The second-order valence-corrected chi connectivity index (χ2v) is 3.44. The molecule has 0 radical (unpaired) electrons. The van der Waals surface area contributed by atoms with Gasteiger partial charge in [-0.05, 0) is 18.2 Å². The molecular weight excluding hydrogens is 218 g/mol. The van der Waals surface area contributed by atoms with Gasteiger partial charge in [-0.15, -0.1) is 0 Å². The number of phenols is 1. The highest BCUT2D eigenvalue weighted by atomic mass is 16.5. The number of ether oxygens (including phenoxy) is 1. The fraction of sp³-hybridized carbons (Fsp3) is 0.0769. The van der Waals surface area contributed by atoms with Crippen LogP contribution in [0.5, 0.6) is 5.75 Å². The minimum Gasteiger partial charge on any atom is -0.506 e. The van der Waals surface area contributed by atoms with Gasteiger partial charge in [0.1, 0.15) is 11.3 Å². The summed E-state index contributed by atoms with van der Waals surface area (Å²) in [5, 5.41) is 10.5. The van der Waals surface area contributed by atoms with E-state index in [2.05, 4.69) is 9.72 Å². The largest absolute Gasteiger partial charge is 0.506 e. The van der Waals surface area contributed by atoms with E-state index in [9.17, 15) is 9.90 Å². The van der Waals surface area contributed by atoms with Crippen LogP contribution in [-0.2, 0) is 9.53 Å². The van der Waals surface area contributed by atoms with Crippen molar-refractivity contribution in [3.05, 3.63) is 42.1 Å². The van der Waals surface area contributed by atoms with E-state index in [1.807, 2.05) is 12.1 Å². The van der Waals surface area contributed by atoms with Crippen molar-refractivity contribution in [3.63, 3.8) is 0 Å². The fourth-order valence-corrected chi connectivity index (χ4v) is 1.46. The number of hydrogen-bond donors (Lipinski definition) is 1. The molecule has 2 aromatic rings. The second kappa shape index (κ2) is 4.65. The summed E-state index contributed by atoms with van der Waals surface area (Å²) in [7, 11) is 1.31. The third-order valence-electron chi connectivity index (χ3n) is 2.31. The number of nitrogens with zero attached hydrogens (tertiary/aromatic N) is 1.